The molecule has 0 unspecified atom stereocenters. The minimum absolute atomic E-state index is 0.0113. The summed E-state index contributed by atoms with van der Waals surface area (Å²) in [5, 5.41) is 2.57. The van der Waals surface area contributed by atoms with E-state index in [0.29, 0.717) is 11.4 Å². The van der Waals surface area contributed by atoms with Crippen molar-refractivity contribution >= 4 is 23.5 Å². The van der Waals surface area contributed by atoms with Crippen LogP contribution in [0.5, 0.6) is 5.75 Å². The molecule has 8 heteroatoms. The number of hydrogen-bond acceptors (Lipinski definition) is 7. The molecular weight excluding hydrogens is 328 g/mol. The number of nitrogen functional groups attached to an aromatic ring is 1. The first kappa shape index (κ1) is 20.3. The van der Waals surface area contributed by atoms with Gasteiger partial charge < -0.3 is 25.3 Å². The van der Waals surface area contributed by atoms with Crippen LogP contribution in [0, 0.1) is 0 Å². The van der Waals surface area contributed by atoms with Crippen molar-refractivity contribution in [3.8, 4) is 5.75 Å². The molecule has 3 N–H and O–H groups in total. The van der Waals surface area contributed by atoms with Crippen molar-refractivity contribution in [2.24, 2.45) is 0 Å². The minimum Gasteiger partial charge on any atom is -0.495 e. The summed E-state index contributed by atoms with van der Waals surface area (Å²) in [6.07, 6.45) is 0.0676. The van der Waals surface area contributed by atoms with E-state index in [-0.39, 0.29) is 31.6 Å². The summed E-state index contributed by atoms with van der Waals surface area (Å²) in [6.45, 7) is 3.77. The van der Waals surface area contributed by atoms with Gasteiger partial charge in [0.15, 0.2) is 0 Å². The van der Waals surface area contributed by atoms with Gasteiger partial charge in [0.25, 0.3) is 5.91 Å². The van der Waals surface area contributed by atoms with Crippen molar-refractivity contribution < 1.29 is 28.6 Å². The molecule has 0 fully saturated rings. The lowest BCUT2D eigenvalue weighted by Gasteiger charge is -2.17. The van der Waals surface area contributed by atoms with Crippen LogP contribution in [0.3, 0.4) is 0 Å². The molecule has 0 aliphatic heterocycles. The largest absolute Gasteiger partial charge is 0.495 e. The highest BCUT2D eigenvalue weighted by molar-refractivity contribution is 5.97. The van der Waals surface area contributed by atoms with Crippen molar-refractivity contribution in [1.29, 1.82) is 0 Å². The Balaban J connectivity index is 2.83. The molecule has 0 heterocycles. The van der Waals surface area contributed by atoms with Gasteiger partial charge in [-0.2, -0.15) is 0 Å². The van der Waals surface area contributed by atoms with E-state index in [9.17, 15) is 14.4 Å². The fourth-order valence-corrected chi connectivity index (χ4v) is 2.08. The number of nitrogens with one attached hydrogen (secondary N) is 1. The molecule has 0 radical (unpaired) electrons. The van der Waals surface area contributed by atoms with Crippen LogP contribution in [0.4, 0.5) is 5.69 Å². The Morgan fingerprint density at radius 2 is 1.84 bits per heavy atom. The molecule has 0 bridgehead atoms. The number of carbonyl (C=O) groups is 3. The Kier molecular flexibility index (Phi) is 8.25. The summed E-state index contributed by atoms with van der Waals surface area (Å²) in [5.41, 5.74) is 6.38. The molecule has 0 aliphatic carbocycles. The second-order valence-corrected chi connectivity index (χ2v) is 5.08. The monoisotopic (exact) mass is 352 g/mol. The lowest BCUT2D eigenvalue weighted by Crippen LogP contribution is -2.42. The smallest absolute Gasteiger partial charge is 0.328 e. The molecule has 0 saturated carbocycles. The molecule has 0 aromatic heterocycles. The Labute approximate surface area is 146 Å². The highest BCUT2D eigenvalue weighted by atomic mass is 16.5. The van der Waals surface area contributed by atoms with Crippen LogP contribution in [0.2, 0.25) is 0 Å². The Morgan fingerprint density at radius 3 is 2.44 bits per heavy atom. The zero-order chi connectivity index (χ0) is 18.8. The lowest BCUT2D eigenvalue weighted by atomic mass is 10.1. The maximum absolute atomic E-state index is 12.4. The van der Waals surface area contributed by atoms with E-state index in [2.05, 4.69) is 5.32 Å². The summed E-state index contributed by atoms with van der Waals surface area (Å²) >= 11 is 0. The van der Waals surface area contributed by atoms with Gasteiger partial charge in [-0.25, -0.2) is 4.79 Å². The van der Waals surface area contributed by atoms with Gasteiger partial charge in [0.1, 0.15) is 11.8 Å². The predicted molar refractivity (Wildman–Crippen MR) is 91.2 cm³/mol. The average molecular weight is 352 g/mol. The van der Waals surface area contributed by atoms with Crippen molar-refractivity contribution in [2.45, 2.75) is 32.7 Å². The van der Waals surface area contributed by atoms with Crippen LogP contribution in [0.25, 0.3) is 0 Å². The molecule has 1 aromatic carbocycles. The van der Waals surface area contributed by atoms with Gasteiger partial charge in [-0.05, 0) is 38.5 Å². The maximum Gasteiger partial charge on any atom is 0.328 e. The summed E-state index contributed by atoms with van der Waals surface area (Å²) in [4.78, 5) is 35.9. The average Bonchev–Trinajstić information content (AvgIpc) is 2.59. The fourth-order valence-electron chi connectivity index (χ4n) is 2.08. The summed E-state index contributed by atoms with van der Waals surface area (Å²) in [7, 11) is 1.44. The second kappa shape index (κ2) is 10.2. The Morgan fingerprint density at radius 1 is 1.16 bits per heavy atom. The highest BCUT2D eigenvalue weighted by Crippen LogP contribution is 2.22. The number of ether oxygens (including phenoxy) is 3. The van der Waals surface area contributed by atoms with Crippen LogP contribution in [-0.4, -0.2) is 44.2 Å². The van der Waals surface area contributed by atoms with E-state index >= 15 is 0 Å². The number of hydrogen-bond donors (Lipinski definition) is 2. The number of anilines is 1. The number of amides is 1. The van der Waals surface area contributed by atoms with E-state index < -0.39 is 23.9 Å². The van der Waals surface area contributed by atoms with Crippen molar-refractivity contribution in [1.82, 2.24) is 5.32 Å². The number of carbonyl (C=O) groups excluding carboxylic acids is 3. The number of rotatable bonds is 9. The lowest BCUT2D eigenvalue weighted by molar-refractivity contribution is -0.146. The molecule has 8 nitrogen and oxygen atoms in total. The number of benzene rings is 1. The zero-order valence-electron chi connectivity index (χ0n) is 14.7. The van der Waals surface area contributed by atoms with Gasteiger partial charge in [0.2, 0.25) is 0 Å². The molecule has 1 aromatic rings. The quantitative estimate of drug-likeness (QED) is 0.508. The van der Waals surface area contributed by atoms with E-state index in [4.69, 9.17) is 19.9 Å². The van der Waals surface area contributed by atoms with Gasteiger partial charge >= 0.3 is 11.9 Å². The van der Waals surface area contributed by atoms with Crippen LogP contribution >= 0.6 is 0 Å². The number of methoxy groups -OCH3 is 1. The third-order valence-corrected chi connectivity index (χ3v) is 3.31. The van der Waals surface area contributed by atoms with Crippen LogP contribution in [0.1, 0.15) is 37.0 Å². The number of nitrogens with two attached hydrogens (primary N) is 1. The third-order valence-electron chi connectivity index (χ3n) is 3.31. The second-order valence-electron chi connectivity index (χ2n) is 5.08. The van der Waals surface area contributed by atoms with Crippen molar-refractivity contribution in [3.63, 3.8) is 0 Å². The molecule has 0 spiro atoms. The first-order chi connectivity index (χ1) is 11.9. The van der Waals surface area contributed by atoms with Gasteiger partial charge in [-0.3, -0.25) is 9.59 Å². The third kappa shape index (κ3) is 6.33. The minimum atomic E-state index is -0.958. The van der Waals surface area contributed by atoms with E-state index in [0.717, 1.165) is 0 Å². The zero-order valence-corrected chi connectivity index (χ0v) is 14.7. The fraction of sp³-hybridized carbons (Fsp3) is 0.471. The molecule has 25 heavy (non-hydrogen) atoms. The molecule has 1 rings (SSSR count). The first-order valence-electron chi connectivity index (χ1n) is 7.99. The van der Waals surface area contributed by atoms with Crippen LogP contribution < -0.4 is 15.8 Å². The molecule has 138 valence electrons. The number of esters is 2. The van der Waals surface area contributed by atoms with E-state index in [1.54, 1.807) is 13.8 Å². The SMILES string of the molecule is CCOC(=O)CC[C@@H](NC(=O)c1ccc(N)c(OC)c1)C(=O)OCC. The summed E-state index contributed by atoms with van der Waals surface area (Å²) in [5.74, 6) is -1.20. The van der Waals surface area contributed by atoms with Crippen molar-refractivity contribution in [2.75, 3.05) is 26.1 Å². The van der Waals surface area contributed by atoms with Crippen LogP contribution in [0.15, 0.2) is 18.2 Å². The topological polar surface area (TPSA) is 117 Å². The summed E-state index contributed by atoms with van der Waals surface area (Å²) in [6, 6.07) is 3.56. The van der Waals surface area contributed by atoms with Gasteiger partial charge in [-0.1, -0.05) is 0 Å². The van der Waals surface area contributed by atoms with Gasteiger partial charge in [-0.15, -0.1) is 0 Å². The molecule has 0 saturated heterocycles. The van der Waals surface area contributed by atoms with Crippen molar-refractivity contribution in [3.05, 3.63) is 23.8 Å². The summed E-state index contributed by atoms with van der Waals surface area (Å²) < 4.78 is 14.9. The normalized spacial score (nSPS) is 11.3. The molecular formula is C17H24N2O6. The Bertz CT molecular complexity index is 617. The molecule has 1 amide bonds. The van der Waals surface area contributed by atoms with E-state index in [1.807, 2.05) is 0 Å². The van der Waals surface area contributed by atoms with Gasteiger partial charge in [0, 0.05) is 12.0 Å². The molecule has 0 aliphatic rings. The van der Waals surface area contributed by atoms with Crippen LogP contribution in [-0.2, 0) is 19.1 Å². The predicted octanol–water partition coefficient (Wildman–Crippen LogP) is 1.28. The molecule has 1 atom stereocenters. The Hall–Kier alpha value is -2.77. The first-order valence-corrected chi connectivity index (χ1v) is 7.99. The maximum atomic E-state index is 12.4. The van der Waals surface area contributed by atoms with E-state index in [1.165, 1.54) is 25.3 Å². The highest BCUT2D eigenvalue weighted by Gasteiger charge is 2.24. The van der Waals surface area contributed by atoms with Gasteiger partial charge in [0.05, 0.1) is 26.0 Å². The standard InChI is InChI=1S/C17H24N2O6/c1-4-24-15(20)9-8-13(17(22)25-5-2)19-16(21)11-6-7-12(18)14(10-11)23-3/h6-7,10,13H,4-5,8-9,18H2,1-3H3,(H,19,21)/t13-/m1/s1.